The fourth-order valence-corrected chi connectivity index (χ4v) is 2.35. The van der Waals surface area contributed by atoms with Crippen molar-refractivity contribution < 1.29 is 19.5 Å². The van der Waals surface area contributed by atoms with Crippen LogP contribution in [0.5, 0.6) is 0 Å². The molecule has 1 aliphatic heterocycles. The van der Waals surface area contributed by atoms with Crippen molar-refractivity contribution in [1.29, 1.82) is 0 Å². The number of rotatable bonds is 5. The van der Waals surface area contributed by atoms with Crippen molar-refractivity contribution in [3.05, 3.63) is 30.3 Å². The number of urea groups is 1. The Labute approximate surface area is 133 Å². The van der Waals surface area contributed by atoms with Crippen LogP contribution in [0, 0.1) is 0 Å². The molecule has 8 nitrogen and oxygen atoms in total. The van der Waals surface area contributed by atoms with E-state index in [1.165, 1.54) is 11.8 Å². The molecule has 1 aromatic rings. The Kier molecular flexibility index (Phi) is 5.40. The van der Waals surface area contributed by atoms with E-state index in [1.807, 2.05) is 18.2 Å². The minimum Gasteiger partial charge on any atom is -0.480 e. The van der Waals surface area contributed by atoms with Crippen LogP contribution in [0.1, 0.15) is 19.8 Å². The number of carboxylic acids is 1. The third-order valence-electron chi connectivity index (χ3n) is 3.63. The molecule has 1 unspecified atom stereocenters. The number of hydrogen-bond acceptors (Lipinski definition) is 4. The Balaban J connectivity index is 1.91. The van der Waals surface area contributed by atoms with Crippen molar-refractivity contribution >= 4 is 23.6 Å². The van der Waals surface area contributed by atoms with Crippen molar-refractivity contribution in [3.8, 4) is 0 Å². The van der Waals surface area contributed by atoms with Gasteiger partial charge in [0.25, 0.3) is 5.91 Å². The molecule has 0 radical (unpaired) electrons. The van der Waals surface area contributed by atoms with Gasteiger partial charge in [-0.05, 0) is 31.9 Å². The number of nitrogens with zero attached hydrogens (tertiary/aromatic N) is 1. The highest BCUT2D eigenvalue weighted by Gasteiger charge is 2.35. The maximum Gasteiger partial charge on any atom is 0.325 e. The second-order valence-electron chi connectivity index (χ2n) is 5.34. The van der Waals surface area contributed by atoms with Crippen molar-refractivity contribution in [2.24, 2.45) is 0 Å². The number of hydrogen-bond donors (Lipinski definition) is 4. The van der Waals surface area contributed by atoms with E-state index in [9.17, 15) is 14.4 Å². The Morgan fingerprint density at radius 1 is 1.26 bits per heavy atom. The SMILES string of the molecule is C[C@H](NC(=O)N1CCCC1C(=O)NNc1ccccc1)C(=O)O. The van der Waals surface area contributed by atoms with Gasteiger partial charge in [-0.1, -0.05) is 18.2 Å². The molecule has 0 aliphatic carbocycles. The smallest absolute Gasteiger partial charge is 0.325 e. The van der Waals surface area contributed by atoms with Gasteiger partial charge in [0.15, 0.2) is 0 Å². The number of carbonyl (C=O) groups is 3. The number of carboxylic acid groups (broad SMARTS) is 1. The Bertz CT molecular complexity index is 578. The van der Waals surface area contributed by atoms with E-state index in [0.29, 0.717) is 19.4 Å². The summed E-state index contributed by atoms with van der Waals surface area (Å²) >= 11 is 0. The van der Waals surface area contributed by atoms with E-state index in [0.717, 1.165) is 5.69 Å². The lowest BCUT2D eigenvalue weighted by molar-refractivity contribution is -0.138. The molecule has 1 aromatic carbocycles. The normalized spacial score (nSPS) is 18.1. The Hall–Kier alpha value is -2.77. The van der Waals surface area contributed by atoms with E-state index in [1.54, 1.807) is 12.1 Å². The standard InChI is InChI=1S/C15H20N4O4/c1-10(14(21)22)16-15(23)19-9-5-8-12(19)13(20)18-17-11-6-3-2-4-7-11/h2-4,6-7,10,12,17H,5,8-9H2,1H3,(H,16,23)(H,18,20)(H,21,22)/t10-,12?/m0/s1. The highest BCUT2D eigenvalue weighted by molar-refractivity contribution is 5.89. The molecule has 3 amide bonds. The van der Waals surface area contributed by atoms with Gasteiger partial charge < -0.3 is 15.3 Å². The highest BCUT2D eigenvalue weighted by atomic mass is 16.4. The van der Waals surface area contributed by atoms with Crippen LogP contribution in [0.15, 0.2) is 30.3 Å². The average Bonchev–Trinajstić information content (AvgIpc) is 3.03. The van der Waals surface area contributed by atoms with Crippen LogP contribution in [0.3, 0.4) is 0 Å². The number of benzene rings is 1. The molecule has 1 aliphatic rings. The number of anilines is 1. The van der Waals surface area contributed by atoms with E-state index in [2.05, 4.69) is 16.2 Å². The molecular formula is C15H20N4O4. The molecule has 0 saturated carbocycles. The lowest BCUT2D eigenvalue weighted by Gasteiger charge is -2.25. The number of likely N-dealkylation sites (tertiary alicyclic amines) is 1. The van der Waals surface area contributed by atoms with Gasteiger partial charge in [-0.15, -0.1) is 0 Å². The molecule has 2 rings (SSSR count). The summed E-state index contributed by atoms with van der Waals surface area (Å²) in [7, 11) is 0. The maximum atomic E-state index is 12.2. The summed E-state index contributed by atoms with van der Waals surface area (Å²) in [6.07, 6.45) is 1.23. The Morgan fingerprint density at radius 2 is 1.96 bits per heavy atom. The van der Waals surface area contributed by atoms with Gasteiger partial charge in [-0.2, -0.15) is 0 Å². The monoisotopic (exact) mass is 320 g/mol. The Morgan fingerprint density at radius 3 is 2.61 bits per heavy atom. The average molecular weight is 320 g/mol. The largest absolute Gasteiger partial charge is 0.480 e. The summed E-state index contributed by atoms with van der Waals surface area (Å²) in [5.74, 6) is -1.45. The fourth-order valence-electron chi connectivity index (χ4n) is 2.35. The predicted octanol–water partition coefficient (Wildman–Crippen LogP) is 0.777. The van der Waals surface area contributed by atoms with Crippen LogP contribution in [-0.4, -0.2) is 46.5 Å². The maximum absolute atomic E-state index is 12.2. The summed E-state index contributed by atoms with van der Waals surface area (Å²) in [5, 5.41) is 11.2. The number of nitrogens with one attached hydrogen (secondary N) is 3. The third-order valence-corrected chi connectivity index (χ3v) is 3.63. The van der Waals surface area contributed by atoms with Gasteiger partial charge in [-0.3, -0.25) is 20.4 Å². The molecule has 8 heteroatoms. The van der Waals surface area contributed by atoms with Crippen molar-refractivity contribution in [1.82, 2.24) is 15.6 Å². The summed E-state index contributed by atoms with van der Waals surface area (Å²) in [6.45, 7) is 1.80. The number of para-hydroxylation sites is 1. The minimum absolute atomic E-state index is 0.329. The molecule has 1 saturated heterocycles. The minimum atomic E-state index is -1.12. The molecule has 0 spiro atoms. The first kappa shape index (κ1) is 16.6. The molecule has 4 N–H and O–H groups in total. The summed E-state index contributed by atoms with van der Waals surface area (Å²) in [6, 6.07) is 6.95. The number of aliphatic carboxylic acids is 1. The van der Waals surface area contributed by atoms with Gasteiger partial charge in [0, 0.05) is 6.54 Å². The van der Waals surface area contributed by atoms with Crippen molar-refractivity contribution in [2.75, 3.05) is 12.0 Å². The topological polar surface area (TPSA) is 111 Å². The summed E-state index contributed by atoms with van der Waals surface area (Å²) in [5.41, 5.74) is 6.09. The highest BCUT2D eigenvalue weighted by Crippen LogP contribution is 2.17. The second-order valence-corrected chi connectivity index (χ2v) is 5.34. The van der Waals surface area contributed by atoms with Crippen LogP contribution in [0.4, 0.5) is 10.5 Å². The summed E-state index contributed by atoms with van der Waals surface area (Å²) in [4.78, 5) is 36.5. The first-order valence-corrected chi connectivity index (χ1v) is 7.40. The molecule has 1 fully saturated rings. The van der Waals surface area contributed by atoms with Gasteiger partial charge in [-0.25, -0.2) is 4.79 Å². The second kappa shape index (κ2) is 7.48. The molecule has 1 heterocycles. The van der Waals surface area contributed by atoms with Gasteiger partial charge >= 0.3 is 12.0 Å². The molecule has 2 atom stereocenters. The number of amides is 3. The zero-order valence-electron chi connectivity index (χ0n) is 12.8. The predicted molar refractivity (Wildman–Crippen MR) is 83.6 cm³/mol. The number of hydrazine groups is 1. The van der Waals surface area contributed by atoms with Crippen LogP contribution < -0.4 is 16.2 Å². The van der Waals surface area contributed by atoms with Gasteiger partial charge in [0.05, 0.1) is 5.69 Å². The van der Waals surface area contributed by atoms with Crippen LogP contribution in [0.2, 0.25) is 0 Å². The quantitative estimate of drug-likeness (QED) is 0.599. The number of carbonyl (C=O) groups excluding carboxylic acids is 2. The summed E-state index contributed by atoms with van der Waals surface area (Å²) < 4.78 is 0. The van der Waals surface area contributed by atoms with Gasteiger partial charge in [0.2, 0.25) is 0 Å². The fraction of sp³-hybridized carbons (Fsp3) is 0.400. The van der Waals surface area contributed by atoms with Crippen LogP contribution in [0.25, 0.3) is 0 Å². The lowest BCUT2D eigenvalue weighted by atomic mass is 10.2. The first-order valence-electron chi connectivity index (χ1n) is 7.40. The zero-order chi connectivity index (χ0) is 16.8. The van der Waals surface area contributed by atoms with E-state index < -0.39 is 24.1 Å². The van der Waals surface area contributed by atoms with Crippen molar-refractivity contribution in [2.45, 2.75) is 31.8 Å². The zero-order valence-corrected chi connectivity index (χ0v) is 12.8. The van der Waals surface area contributed by atoms with E-state index in [-0.39, 0.29) is 5.91 Å². The molecule has 0 aromatic heterocycles. The van der Waals surface area contributed by atoms with E-state index >= 15 is 0 Å². The molecule has 23 heavy (non-hydrogen) atoms. The van der Waals surface area contributed by atoms with Crippen LogP contribution >= 0.6 is 0 Å². The molecular weight excluding hydrogens is 300 g/mol. The molecule has 0 bridgehead atoms. The third kappa shape index (κ3) is 4.35. The van der Waals surface area contributed by atoms with Crippen LogP contribution in [-0.2, 0) is 9.59 Å². The first-order chi connectivity index (χ1) is 11.0. The molecule has 124 valence electrons. The van der Waals surface area contributed by atoms with Gasteiger partial charge in [0.1, 0.15) is 12.1 Å². The van der Waals surface area contributed by atoms with E-state index in [4.69, 9.17) is 5.11 Å². The lowest BCUT2D eigenvalue weighted by Crippen LogP contribution is -2.53. The van der Waals surface area contributed by atoms with Crippen molar-refractivity contribution in [3.63, 3.8) is 0 Å².